The maximum absolute atomic E-state index is 13.1. The number of benzene rings is 1. The van der Waals surface area contributed by atoms with Crippen molar-refractivity contribution in [2.45, 2.75) is 63.1 Å². The fourth-order valence-corrected chi connectivity index (χ4v) is 6.92. The van der Waals surface area contributed by atoms with Gasteiger partial charge in [0, 0.05) is 14.4 Å². The minimum absolute atomic E-state index is 0.0299. The van der Waals surface area contributed by atoms with Crippen LogP contribution in [0.2, 0.25) is 18.1 Å². The molecule has 1 aliphatic heterocycles. The van der Waals surface area contributed by atoms with Crippen LogP contribution in [0.5, 0.6) is 0 Å². The van der Waals surface area contributed by atoms with E-state index in [9.17, 15) is 8.78 Å². The first-order chi connectivity index (χ1) is 10.2. The zero-order valence-electron chi connectivity index (χ0n) is 13.0. The third-order valence-electron chi connectivity index (χ3n) is 4.82. The highest BCUT2D eigenvalue weighted by molar-refractivity contribution is 6.59. The minimum Gasteiger partial charge on any atom is -0.212 e. The lowest BCUT2D eigenvalue weighted by molar-refractivity contribution is 0.603. The van der Waals surface area contributed by atoms with E-state index in [2.05, 4.69) is 6.92 Å². The van der Waals surface area contributed by atoms with E-state index in [0.717, 1.165) is 0 Å². The van der Waals surface area contributed by atoms with Crippen molar-refractivity contribution in [2.75, 3.05) is 0 Å². The second-order valence-electron chi connectivity index (χ2n) is 6.29. The summed E-state index contributed by atoms with van der Waals surface area (Å²) in [5, 5.41) is 0. The van der Waals surface area contributed by atoms with Crippen molar-refractivity contribution in [1.82, 2.24) is 0 Å². The summed E-state index contributed by atoms with van der Waals surface area (Å²) in [7, 11) is -0.470. The highest BCUT2D eigenvalue weighted by Crippen LogP contribution is 2.35. The topological polar surface area (TPSA) is 0 Å². The third kappa shape index (κ3) is 4.77. The molecule has 0 aliphatic carbocycles. The second kappa shape index (κ2) is 8.47. The summed E-state index contributed by atoms with van der Waals surface area (Å²) < 4.78 is 25.3. The van der Waals surface area contributed by atoms with E-state index in [1.165, 1.54) is 55.8 Å². The van der Waals surface area contributed by atoms with Gasteiger partial charge in [0.1, 0.15) is 6.33 Å². The minimum atomic E-state index is -0.784. The third-order valence-corrected chi connectivity index (χ3v) is 8.34. The standard InChI is InChI=1S/C18H26F2Si/c1-2-3-4-11-21-12-9-16(10-13-21)15-5-7-17(8-6-15)18(20)14-19/h5-8,14,16,21H,2-4,9-13H2,1H3. The van der Waals surface area contributed by atoms with Crippen LogP contribution in [0.3, 0.4) is 0 Å². The largest absolute Gasteiger partial charge is 0.212 e. The van der Waals surface area contributed by atoms with Crippen LogP contribution in [-0.2, 0) is 0 Å². The van der Waals surface area contributed by atoms with Crippen molar-refractivity contribution < 1.29 is 8.78 Å². The highest BCUT2D eigenvalue weighted by atomic mass is 28.3. The van der Waals surface area contributed by atoms with E-state index in [4.69, 9.17) is 0 Å². The zero-order valence-corrected chi connectivity index (χ0v) is 14.1. The lowest BCUT2D eigenvalue weighted by Crippen LogP contribution is -2.20. The molecule has 0 saturated carbocycles. The van der Waals surface area contributed by atoms with E-state index < -0.39 is 14.6 Å². The molecule has 0 unspecified atom stereocenters. The van der Waals surface area contributed by atoms with E-state index in [0.29, 0.717) is 11.5 Å². The molecule has 0 bridgehead atoms. The second-order valence-corrected chi connectivity index (χ2v) is 9.76. The Balaban J connectivity index is 1.84. The van der Waals surface area contributed by atoms with Crippen molar-refractivity contribution in [2.24, 2.45) is 0 Å². The van der Waals surface area contributed by atoms with E-state index in [1.54, 1.807) is 12.1 Å². The monoisotopic (exact) mass is 308 g/mol. The Morgan fingerprint density at radius 3 is 2.43 bits per heavy atom. The number of hydrogen-bond donors (Lipinski definition) is 0. The maximum Gasteiger partial charge on any atom is 0.158 e. The first-order valence-corrected chi connectivity index (χ1v) is 10.8. The first kappa shape index (κ1) is 16.4. The molecule has 0 atom stereocenters. The van der Waals surface area contributed by atoms with Crippen molar-refractivity contribution in [3.05, 3.63) is 41.7 Å². The maximum atomic E-state index is 13.1. The Morgan fingerprint density at radius 1 is 1.19 bits per heavy atom. The van der Waals surface area contributed by atoms with E-state index in [1.807, 2.05) is 12.1 Å². The van der Waals surface area contributed by atoms with E-state index >= 15 is 0 Å². The fraction of sp³-hybridized carbons (Fsp3) is 0.556. The van der Waals surface area contributed by atoms with Crippen molar-refractivity contribution >= 4 is 14.6 Å². The lowest BCUT2D eigenvalue weighted by atomic mass is 9.93. The molecular formula is C18H26F2Si. The molecular weight excluding hydrogens is 282 g/mol. The van der Waals surface area contributed by atoms with Gasteiger partial charge in [0.25, 0.3) is 0 Å². The van der Waals surface area contributed by atoms with Gasteiger partial charge >= 0.3 is 0 Å². The predicted molar refractivity (Wildman–Crippen MR) is 89.7 cm³/mol. The number of unbranched alkanes of at least 4 members (excludes halogenated alkanes) is 2. The van der Waals surface area contributed by atoms with Crippen molar-refractivity contribution in [1.29, 1.82) is 0 Å². The zero-order chi connectivity index (χ0) is 15.1. The van der Waals surface area contributed by atoms with Crippen LogP contribution < -0.4 is 0 Å². The smallest absolute Gasteiger partial charge is 0.158 e. The number of halogens is 2. The van der Waals surface area contributed by atoms with Gasteiger partial charge < -0.3 is 0 Å². The molecule has 3 heteroatoms. The van der Waals surface area contributed by atoms with Gasteiger partial charge in [-0.2, -0.15) is 0 Å². The normalized spacial score (nSPS) is 23.3. The predicted octanol–water partition coefficient (Wildman–Crippen LogP) is 6.22. The molecule has 21 heavy (non-hydrogen) atoms. The molecule has 1 heterocycles. The first-order valence-electron chi connectivity index (χ1n) is 8.30. The van der Waals surface area contributed by atoms with Crippen LogP contribution in [0.15, 0.2) is 30.6 Å². The van der Waals surface area contributed by atoms with Gasteiger partial charge in [0.05, 0.1) is 0 Å². The Hall–Kier alpha value is -0.963. The molecule has 0 nitrogen and oxygen atoms in total. The van der Waals surface area contributed by atoms with E-state index in [-0.39, 0.29) is 6.33 Å². The van der Waals surface area contributed by atoms with Gasteiger partial charge in [0.15, 0.2) is 5.83 Å². The fourth-order valence-electron chi connectivity index (χ4n) is 3.44. The SMILES string of the molecule is CCCCC[SiH]1CCC(c2ccc(C(F)=CF)cc2)CC1. The molecule has 0 amide bonds. The average molecular weight is 308 g/mol. The summed E-state index contributed by atoms with van der Waals surface area (Å²) in [5.41, 5.74) is 1.63. The highest BCUT2D eigenvalue weighted by Gasteiger charge is 2.22. The van der Waals surface area contributed by atoms with Gasteiger partial charge in [-0.15, -0.1) is 0 Å². The summed E-state index contributed by atoms with van der Waals surface area (Å²) >= 11 is 0. The Kier molecular flexibility index (Phi) is 6.62. The van der Waals surface area contributed by atoms with Crippen LogP contribution in [0.4, 0.5) is 8.78 Å². The van der Waals surface area contributed by atoms with Crippen LogP contribution in [0, 0.1) is 0 Å². The van der Waals surface area contributed by atoms with Gasteiger partial charge in [-0.25, -0.2) is 8.78 Å². The lowest BCUT2D eigenvalue weighted by Gasteiger charge is -2.28. The number of rotatable bonds is 6. The molecule has 1 saturated heterocycles. The van der Waals surface area contributed by atoms with Gasteiger partial charge in [-0.3, -0.25) is 0 Å². The molecule has 2 rings (SSSR count). The van der Waals surface area contributed by atoms with Crippen LogP contribution >= 0.6 is 0 Å². The van der Waals surface area contributed by atoms with Crippen molar-refractivity contribution in [3.8, 4) is 0 Å². The Bertz CT molecular complexity index is 445. The molecule has 1 fully saturated rings. The summed E-state index contributed by atoms with van der Waals surface area (Å²) in [4.78, 5) is 0. The summed E-state index contributed by atoms with van der Waals surface area (Å²) in [6.45, 7) is 2.27. The molecule has 116 valence electrons. The van der Waals surface area contributed by atoms with Crippen LogP contribution in [0.1, 0.15) is 56.1 Å². The molecule has 0 aromatic heterocycles. The van der Waals surface area contributed by atoms with Gasteiger partial charge in [-0.05, 0) is 24.3 Å². The quantitative estimate of drug-likeness (QED) is 0.432. The Labute approximate surface area is 128 Å². The van der Waals surface area contributed by atoms with Crippen molar-refractivity contribution in [3.63, 3.8) is 0 Å². The molecule has 1 aromatic carbocycles. The van der Waals surface area contributed by atoms with Crippen LogP contribution in [0.25, 0.3) is 5.83 Å². The molecule has 1 aromatic rings. The molecule has 0 spiro atoms. The molecule has 0 N–H and O–H groups in total. The van der Waals surface area contributed by atoms with Crippen LogP contribution in [-0.4, -0.2) is 8.80 Å². The Morgan fingerprint density at radius 2 is 1.86 bits per heavy atom. The average Bonchev–Trinajstić information content (AvgIpc) is 2.55. The summed E-state index contributed by atoms with van der Waals surface area (Å²) in [6, 6.07) is 11.8. The molecule has 0 radical (unpaired) electrons. The number of hydrogen-bond acceptors (Lipinski definition) is 0. The van der Waals surface area contributed by atoms with Gasteiger partial charge in [-0.1, -0.05) is 68.6 Å². The molecule has 1 aliphatic rings. The summed E-state index contributed by atoms with van der Waals surface area (Å²) in [5.74, 6) is -0.153. The van der Waals surface area contributed by atoms with Gasteiger partial charge in [0.2, 0.25) is 0 Å². The summed E-state index contributed by atoms with van der Waals surface area (Å²) in [6.07, 6.45) is 6.76.